The van der Waals surface area contributed by atoms with Crippen molar-refractivity contribution in [1.82, 2.24) is 15.3 Å². The highest BCUT2D eigenvalue weighted by molar-refractivity contribution is 8.11. The number of nitrogens with one attached hydrogen (secondary N) is 3. The Kier molecular flexibility index (Phi) is 12.4. The Hall–Kier alpha value is -6.79. The van der Waals surface area contributed by atoms with Gasteiger partial charge in [0.1, 0.15) is 44.2 Å². The van der Waals surface area contributed by atoms with Gasteiger partial charge in [-0.2, -0.15) is 0 Å². The minimum Gasteiger partial charge on any atom is -0.454 e. The van der Waals surface area contributed by atoms with E-state index in [9.17, 15) is 15.3 Å². The Bertz CT molecular complexity index is 3650. The minimum atomic E-state index is -2.96. The molecule has 21 nitrogen and oxygen atoms in total. The first-order chi connectivity index (χ1) is 43.2. The summed E-state index contributed by atoms with van der Waals surface area (Å²) in [6.45, 7) is 3.20. The summed E-state index contributed by atoms with van der Waals surface area (Å²) in [7, 11) is 6.88. The van der Waals surface area contributed by atoms with Gasteiger partial charge in [-0.05, 0) is 119 Å². The highest BCUT2D eigenvalue weighted by atomic mass is 32.4. The van der Waals surface area contributed by atoms with Crippen molar-refractivity contribution in [2.75, 3.05) is 101 Å². The summed E-state index contributed by atoms with van der Waals surface area (Å²) in [4.78, 5) is 0. The maximum Gasteiger partial charge on any atom is 0.231 e. The van der Waals surface area contributed by atoms with Gasteiger partial charge in [-0.25, -0.2) is 0 Å². The molecular weight excluding hydrogens is 1180 g/mol. The molecule has 0 spiro atoms. The Morgan fingerprint density at radius 1 is 0.382 bits per heavy atom. The topological polar surface area (TPSA) is 208 Å². The molecule has 6 N–H and O–H groups in total. The van der Waals surface area contributed by atoms with E-state index in [1.54, 1.807) is 0 Å². The zero-order valence-corrected chi connectivity index (χ0v) is 51.5. The lowest BCUT2D eigenvalue weighted by atomic mass is 9.69. The molecule has 0 aromatic heterocycles. The number of fused-ring (bicyclic) bond motifs is 24. The molecule has 3 aliphatic carbocycles. The fourth-order valence-corrected chi connectivity index (χ4v) is 20.5. The van der Waals surface area contributed by atoms with Crippen LogP contribution in [-0.4, -0.2) is 148 Å². The summed E-state index contributed by atoms with van der Waals surface area (Å²) >= 11 is 7.08. The Balaban J connectivity index is 0.697. The molecule has 23 heteroatoms. The number of aliphatic hydroxyl groups excluding tert-OH is 3. The van der Waals surface area contributed by atoms with Gasteiger partial charge in [0.2, 0.25) is 40.8 Å². The molecule has 12 atom stereocenters. The molecule has 89 heavy (non-hydrogen) atoms. The summed E-state index contributed by atoms with van der Waals surface area (Å²) in [5.41, 5.74) is 13.0. The maximum atomic E-state index is 12.4. The number of benzene rings is 6. The van der Waals surface area contributed by atoms with E-state index in [0.717, 1.165) is 101 Å². The maximum absolute atomic E-state index is 12.4. The molecular formula is C66H72N6O15PS+3. The monoisotopic (exact) mass is 1250 g/mol. The van der Waals surface area contributed by atoms with Gasteiger partial charge < -0.3 is 85.6 Å². The second kappa shape index (κ2) is 20.1. The number of quaternary nitrogens is 3. The predicted octanol–water partition coefficient (Wildman–Crippen LogP) is 6.56. The number of likely N-dealkylation sites (N-methyl/N-ethyl adjacent to an activating group) is 3. The molecule has 0 radical (unpaired) electrons. The van der Waals surface area contributed by atoms with E-state index in [2.05, 4.69) is 91.0 Å². The predicted molar refractivity (Wildman–Crippen MR) is 324 cm³/mol. The Labute approximate surface area is 519 Å². The van der Waals surface area contributed by atoms with Crippen molar-refractivity contribution in [3.05, 3.63) is 140 Å². The van der Waals surface area contributed by atoms with E-state index in [1.807, 2.05) is 18.2 Å². The van der Waals surface area contributed by atoms with Crippen molar-refractivity contribution < 1.29 is 85.6 Å². The van der Waals surface area contributed by atoms with Crippen LogP contribution in [0.1, 0.15) is 103 Å². The molecule has 464 valence electrons. The fraction of sp³-hybridized carbons (Fsp3) is 0.455. The molecule has 0 saturated heterocycles. The molecule has 9 heterocycles. The van der Waals surface area contributed by atoms with Crippen LogP contribution in [-0.2, 0) is 50.7 Å². The standard InChI is InChI=1S/C66H72N6O15PS/c1-70(25-43-37(4-7-49-64(43)85-31-76-49)58-46(73)16-34-19-52-55(82-28-79-52)22-40(34)61(58)70)13-10-67-88(89,68-11-14-71(2)26-44-38(5-8-50-65(44)86-32-77-50)59-47(74)17-35-20-53-56(83-29-80-53)23-41(35)62(59)71)69-12-15-72(3)27-45-39(6-9-51-66(45)87-33-78-51)60-48(75)18-36-21-54-57(84-30-81-54)24-42(36)63(60)72/h4-9,19-24,46-48,58-63,73-75H,10-18,25-33H2,1-3H3,(H3,67,68,69,89)/q+3/t46-,47-,48+,58?,59?,60?,61?,62?,63?,70?,71?,72?,88?/m0/s1. The number of hydrogen-bond donors (Lipinski definition) is 6. The fourth-order valence-electron chi connectivity index (χ4n) is 18.1. The summed E-state index contributed by atoms with van der Waals surface area (Å²) in [6.07, 6.45) is -0.622. The molecule has 0 bridgehead atoms. The molecule has 6 aromatic rings. The Morgan fingerprint density at radius 3 is 0.955 bits per heavy atom. The highest BCUT2D eigenvalue weighted by Crippen LogP contribution is 2.61. The van der Waals surface area contributed by atoms with E-state index in [1.165, 1.54) is 0 Å². The van der Waals surface area contributed by atoms with Gasteiger partial charge in [-0.3, -0.25) is 15.3 Å². The zero-order valence-electron chi connectivity index (χ0n) is 49.8. The lowest BCUT2D eigenvalue weighted by Gasteiger charge is -2.53. The quantitative estimate of drug-likeness (QED) is 0.0567. The van der Waals surface area contributed by atoms with Crippen LogP contribution in [0.4, 0.5) is 0 Å². The molecule has 6 aromatic carbocycles. The van der Waals surface area contributed by atoms with Gasteiger partial charge in [-0.15, -0.1) is 0 Å². The van der Waals surface area contributed by atoms with Gasteiger partial charge in [-0.1, -0.05) is 18.2 Å². The number of aliphatic hydroxyl groups is 3. The minimum absolute atomic E-state index is 0.142. The van der Waals surface area contributed by atoms with Crippen LogP contribution < -0.4 is 72.1 Å². The number of rotatable bonds is 12. The molecule has 0 saturated carbocycles. The average molecular weight is 1250 g/mol. The van der Waals surface area contributed by atoms with Crippen molar-refractivity contribution in [2.45, 2.75) is 93.1 Å². The Morgan fingerprint density at radius 2 is 0.652 bits per heavy atom. The van der Waals surface area contributed by atoms with Gasteiger partial charge >= 0.3 is 0 Å². The van der Waals surface area contributed by atoms with Gasteiger partial charge in [0.15, 0.2) is 69.0 Å². The molecule has 0 fully saturated rings. The van der Waals surface area contributed by atoms with E-state index < -0.39 is 24.8 Å². The van der Waals surface area contributed by atoms with Gasteiger partial charge in [0, 0.05) is 16.7 Å². The van der Waals surface area contributed by atoms with Gasteiger partial charge in [0.05, 0.1) is 113 Å². The second-order valence-corrected chi connectivity index (χ2v) is 30.8. The van der Waals surface area contributed by atoms with Crippen LogP contribution in [0.5, 0.6) is 69.0 Å². The lowest BCUT2D eigenvalue weighted by Crippen LogP contribution is -2.58. The summed E-state index contributed by atoms with van der Waals surface area (Å²) in [5.74, 6) is 7.90. The normalized spacial score (nSPS) is 31.2. The van der Waals surface area contributed by atoms with E-state index >= 15 is 0 Å². The van der Waals surface area contributed by atoms with Crippen LogP contribution in [0.25, 0.3) is 0 Å². The molecule has 18 rings (SSSR count). The highest BCUT2D eigenvalue weighted by Gasteiger charge is 2.57. The summed E-state index contributed by atoms with van der Waals surface area (Å²) in [5, 5.41) is 49.3. The summed E-state index contributed by atoms with van der Waals surface area (Å²) < 4.78 is 74.2. The van der Waals surface area contributed by atoms with Crippen molar-refractivity contribution in [3.8, 4) is 69.0 Å². The van der Waals surface area contributed by atoms with Crippen molar-refractivity contribution in [2.24, 2.45) is 0 Å². The van der Waals surface area contributed by atoms with E-state index in [4.69, 9.17) is 68.6 Å². The molecule has 9 aliphatic heterocycles. The lowest BCUT2D eigenvalue weighted by molar-refractivity contribution is -0.956. The third kappa shape index (κ3) is 8.47. The summed E-state index contributed by atoms with van der Waals surface area (Å²) in [6, 6.07) is 24.5. The number of ether oxygens (including phenoxy) is 12. The van der Waals surface area contributed by atoms with Crippen molar-refractivity contribution in [1.29, 1.82) is 0 Å². The van der Waals surface area contributed by atoms with Crippen LogP contribution in [0.2, 0.25) is 0 Å². The third-order valence-corrected chi connectivity index (χ3v) is 25.1. The molecule has 12 aliphatic rings. The first-order valence-electron chi connectivity index (χ1n) is 31.1. The van der Waals surface area contributed by atoms with Crippen LogP contribution in [0.15, 0.2) is 72.8 Å². The van der Waals surface area contributed by atoms with Gasteiger partial charge in [0.25, 0.3) is 0 Å². The van der Waals surface area contributed by atoms with Crippen LogP contribution in [0.3, 0.4) is 0 Å². The second-order valence-electron chi connectivity index (χ2n) is 27.0. The van der Waals surface area contributed by atoms with Crippen LogP contribution in [0, 0.1) is 0 Å². The van der Waals surface area contributed by atoms with Crippen LogP contribution >= 0.6 is 6.49 Å². The average Bonchev–Trinajstić information content (AvgIpc) is 1.45. The van der Waals surface area contributed by atoms with Crippen molar-refractivity contribution in [3.63, 3.8) is 0 Å². The molecule has 9 unspecified atom stereocenters. The zero-order chi connectivity index (χ0) is 59.9. The number of hydrogen-bond acceptors (Lipinski definition) is 16. The van der Waals surface area contributed by atoms with Crippen molar-refractivity contribution >= 4 is 18.3 Å². The smallest absolute Gasteiger partial charge is 0.231 e. The SMILES string of the molecule is C[N+]1(CCNP(=S)(NCC[N+]2(C)Cc3c(ccc4c3OCO4)C3C2c2cc4c(cc2C[C@@H]3O)OCO4)NCC[N+]2(C)Cc3c(ccc4c3OCO4)C3C2c2cc4c(cc2C[C@@H]3O)OCO4)Cc2c(ccc3c2OCO3)C2C1c1cc3c(cc1C[C@H]2O)OCO3. The molecule has 0 amide bonds. The largest absolute Gasteiger partial charge is 0.454 e. The van der Waals surface area contributed by atoms with E-state index in [-0.39, 0.29) is 76.6 Å². The first kappa shape index (κ1) is 55.1. The number of nitrogens with zero attached hydrogens (tertiary/aromatic N) is 3. The first-order valence-corrected chi connectivity index (χ1v) is 33.9. The third-order valence-electron chi connectivity index (χ3n) is 22.0. The van der Waals surface area contributed by atoms with E-state index in [0.29, 0.717) is 126 Å².